The second-order valence-corrected chi connectivity index (χ2v) is 4.62. The summed E-state index contributed by atoms with van der Waals surface area (Å²) in [5.41, 5.74) is 0. The molecule has 1 aromatic heterocycles. The van der Waals surface area contributed by atoms with Crippen LogP contribution < -0.4 is 9.64 Å². The summed E-state index contributed by atoms with van der Waals surface area (Å²) < 4.78 is 5.18. The minimum atomic E-state index is 0.379. The van der Waals surface area contributed by atoms with Crippen molar-refractivity contribution in [1.82, 2.24) is 9.97 Å². The van der Waals surface area contributed by atoms with Crippen molar-refractivity contribution >= 4 is 17.4 Å². The van der Waals surface area contributed by atoms with Gasteiger partial charge >= 0.3 is 0 Å². The van der Waals surface area contributed by atoms with Crippen molar-refractivity contribution < 1.29 is 4.74 Å². The molecule has 1 fully saturated rings. The molecule has 94 valence electrons. The highest BCUT2D eigenvalue weighted by molar-refractivity contribution is 6.18. The lowest BCUT2D eigenvalue weighted by Gasteiger charge is -2.35. The molecule has 1 saturated heterocycles. The molecule has 2 heterocycles. The van der Waals surface area contributed by atoms with Crippen LogP contribution in [0.25, 0.3) is 0 Å². The Morgan fingerprint density at radius 1 is 1.47 bits per heavy atom. The van der Waals surface area contributed by atoms with Crippen molar-refractivity contribution in [1.29, 1.82) is 0 Å². The summed E-state index contributed by atoms with van der Waals surface area (Å²) in [4.78, 5) is 11.0. The molecule has 1 aliphatic heterocycles. The molecule has 2 rings (SSSR count). The first-order valence-corrected chi connectivity index (χ1v) is 6.50. The number of aryl methyl sites for hydroxylation is 1. The second-order valence-electron chi connectivity index (χ2n) is 4.31. The number of piperidine rings is 1. The van der Waals surface area contributed by atoms with Crippen LogP contribution in [0.15, 0.2) is 6.07 Å². The Balaban J connectivity index is 2.27. The first kappa shape index (κ1) is 12.4. The zero-order valence-electron chi connectivity index (χ0n) is 10.3. The van der Waals surface area contributed by atoms with Gasteiger partial charge in [-0.2, -0.15) is 4.98 Å². The van der Waals surface area contributed by atoms with Gasteiger partial charge in [-0.25, -0.2) is 4.98 Å². The largest absolute Gasteiger partial charge is 0.481 e. The zero-order chi connectivity index (χ0) is 12.3. The summed E-state index contributed by atoms with van der Waals surface area (Å²) in [5.74, 6) is 2.93. The maximum atomic E-state index is 6.02. The minimum Gasteiger partial charge on any atom is -0.481 e. The van der Waals surface area contributed by atoms with E-state index in [9.17, 15) is 0 Å². The Morgan fingerprint density at radius 2 is 2.29 bits per heavy atom. The molecule has 5 heteroatoms. The lowest BCUT2D eigenvalue weighted by atomic mass is 10.0. The third kappa shape index (κ3) is 2.80. The van der Waals surface area contributed by atoms with Gasteiger partial charge in [-0.3, -0.25) is 0 Å². The van der Waals surface area contributed by atoms with Gasteiger partial charge in [0.05, 0.1) is 7.11 Å². The van der Waals surface area contributed by atoms with E-state index in [4.69, 9.17) is 16.3 Å². The van der Waals surface area contributed by atoms with Gasteiger partial charge in [-0.15, -0.1) is 11.6 Å². The molecule has 0 radical (unpaired) electrons. The average Bonchev–Trinajstić information content (AvgIpc) is 2.37. The van der Waals surface area contributed by atoms with Crippen LogP contribution in [0.2, 0.25) is 0 Å². The first-order valence-electron chi connectivity index (χ1n) is 5.97. The Kier molecular flexibility index (Phi) is 4.05. The van der Waals surface area contributed by atoms with Crippen LogP contribution in [0.1, 0.15) is 25.1 Å². The molecule has 0 aliphatic carbocycles. The van der Waals surface area contributed by atoms with Crippen LogP contribution in [0, 0.1) is 6.92 Å². The molecule has 1 atom stereocenters. The van der Waals surface area contributed by atoms with Gasteiger partial charge in [0.25, 0.3) is 0 Å². The molecular weight excluding hydrogens is 238 g/mol. The van der Waals surface area contributed by atoms with Gasteiger partial charge < -0.3 is 9.64 Å². The lowest BCUT2D eigenvalue weighted by Crippen LogP contribution is -2.41. The van der Waals surface area contributed by atoms with Gasteiger partial charge in [0.2, 0.25) is 5.88 Å². The quantitative estimate of drug-likeness (QED) is 0.778. The highest BCUT2D eigenvalue weighted by Gasteiger charge is 2.23. The van der Waals surface area contributed by atoms with E-state index in [-0.39, 0.29) is 0 Å². The molecule has 0 bridgehead atoms. The summed E-state index contributed by atoms with van der Waals surface area (Å²) in [6.45, 7) is 2.89. The lowest BCUT2D eigenvalue weighted by molar-refractivity contribution is 0.394. The van der Waals surface area contributed by atoms with Gasteiger partial charge in [0.15, 0.2) is 0 Å². The third-order valence-corrected chi connectivity index (χ3v) is 3.47. The fourth-order valence-electron chi connectivity index (χ4n) is 2.24. The molecule has 0 saturated carbocycles. The normalized spacial score (nSPS) is 20.4. The van der Waals surface area contributed by atoms with E-state index in [1.165, 1.54) is 12.8 Å². The SMILES string of the molecule is COc1cc(N2CCCCC2CCl)nc(C)n1. The van der Waals surface area contributed by atoms with E-state index < -0.39 is 0 Å². The maximum Gasteiger partial charge on any atom is 0.218 e. The molecule has 0 aromatic carbocycles. The number of hydrogen-bond acceptors (Lipinski definition) is 4. The van der Waals surface area contributed by atoms with E-state index in [1.807, 2.05) is 13.0 Å². The Morgan fingerprint density at radius 3 is 3.00 bits per heavy atom. The van der Waals surface area contributed by atoms with Gasteiger partial charge in [0, 0.05) is 24.5 Å². The summed E-state index contributed by atoms with van der Waals surface area (Å²) >= 11 is 6.02. The van der Waals surface area contributed by atoms with Gasteiger partial charge in [-0.1, -0.05) is 0 Å². The molecule has 1 aromatic rings. The van der Waals surface area contributed by atoms with Crippen LogP contribution in [0.5, 0.6) is 5.88 Å². The number of methoxy groups -OCH3 is 1. The van der Waals surface area contributed by atoms with E-state index >= 15 is 0 Å². The monoisotopic (exact) mass is 255 g/mol. The molecule has 0 spiro atoms. The summed E-state index contributed by atoms with van der Waals surface area (Å²) in [6, 6.07) is 2.27. The first-order chi connectivity index (χ1) is 8.24. The van der Waals surface area contributed by atoms with Crippen molar-refractivity contribution in [2.75, 3.05) is 24.4 Å². The van der Waals surface area contributed by atoms with Crippen LogP contribution in [0.4, 0.5) is 5.82 Å². The van der Waals surface area contributed by atoms with Crippen LogP contribution in [-0.4, -0.2) is 35.5 Å². The highest BCUT2D eigenvalue weighted by Crippen LogP contribution is 2.26. The number of anilines is 1. The number of aromatic nitrogens is 2. The zero-order valence-corrected chi connectivity index (χ0v) is 11.1. The number of alkyl halides is 1. The van der Waals surface area contributed by atoms with E-state index in [0.29, 0.717) is 17.8 Å². The Hall–Kier alpha value is -1.03. The average molecular weight is 256 g/mol. The predicted octanol–water partition coefficient (Wildman–Crippen LogP) is 2.39. The molecule has 4 nitrogen and oxygen atoms in total. The van der Waals surface area contributed by atoms with Crippen molar-refractivity contribution in [3.05, 3.63) is 11.9 Å². The van der Waals surface area contributed by atoms with Gasteiger partial charge in [-0.05, 0) is 26.2 Å². The maximum absolute atomic E-state index is 6.02. The van der Waals surface area contributed by atoms with Crippen molar-refractivity contribution in [3.8, 4) is 5.88 Å². The second kappa shape index (κ2) is 5.54. The summed E-state index contributed by atoms with van der Waals surface area (Å²) in [7, 11) is 1.63. The molecular formula is C12H18ClN3O. The van der Waals surface area contributed by atoms with E-state index in [2.05, 4.69) is 14.9 Å². The number of rotatable bonds is 3. The number of halogens is 1. The third-order valence-electron chi connectivity index (χ3n) is 3.11. The van der Waals surface area contributed by atoms with Gasteiger partial charge in [0.1, 0.15) is 11.6 Å². The van der Waals surface area contributed by atoms with E-state index in [1.54, 1.807) is 7.11 Å². The van der Waals surface area contributed by atoms with Crippen molar-refractivity contribution in [3.63, 3.8) is 0 Å². The predicted molar refractivity (Wildman–Crippen MR) is 69.0 cm³/mol. The smallest absolute Gasteiger partial charge is 0.218 e. The van der Waals surface area contributed by atoms with Crippen LogP contribution >= 0.6 is 11.6 Å². The summed E-state index contributed by atoms with van der Waals surface area (Å²) in [6.07, 6.45) is 3.57. The Labute approximate surface area is 107 Å². The number of hydrogen-bond donors (Lipinski definition) is 0. The van der Waals surface area contributed by atoms with Crippen LogP contribution in [-0.2, 0) is 0 Å². The van der Waals surface area contributed by atoms with E-state index in [0.717, 1.165) is 24.6 Å². The molecule has 0 N–H and O–H groups in total. The molecule has 1 unspecified atom stereocenters. The minimum absolute atomic E-state index is 0.379. The van der Waals surface area contributed by atoms with Crippen LogP contribution in [0.3, 0.4) is 0 Å². The molecule has 0 amide bonds. The molecule has 1 aliphatic rings. The molecule has 17 heavy (non-hydrogen) atoms. The Bertz CT molecular complexity index is 386. The highest BCUT2D eigenvalue weighted by atomic mass is 35.5. The van der Waals surface area contributed by atoms with Crippen molar-refractivity contribution in [2.45, 2.75) is 32.2 Å². The number of ether oxygens (including phenoxy) is 1. The fraction of sp³-hybridized carbons (Fsp3) is 0.667. The summed E-state index contributed by atoms with van der Waals surface area (Å²) in [5, 5.41) is 0. The number of nitrogens with zero attached hydrogens (tertiary/aromatic N) is 3. The standard InChI is InChI=1S/C12H18ClN3O/c1-9-14-11(7-12(15-9)17-2)16-6-4-3-5-10(16)8-13/h7,10H,3-6,8H2,1-2H3. The topological polar surface area (TPSA) is 38.2 Å². The van der Waals surface area contributed by atoms with Crippen molar-refractivity contribution in [2.24, 2.45) is 0 Å². The fourth-order valence-corrected chi connectivity index (χ4v) is 2.56.